The van der Waals surface area contributed by atoms with E-state index in [1.54, 1.807) is 0 Å². The fourth-order valence-electron chi connectivity index (χ4n) is 0. The summed E-state index contributed by atoms with van der Waals surface area (Å²) in [4.78, 5) is 0. The van der Waals surface area contributed by atoms with Crippen LogP contribution in [0.5, 0.6) is 0 Å². The van der Waals surface area contributed by atoms with Crippen molar-refractivity contribution in [1.82, 2.24) is 0 Å². The van der Waals surface area contributed by atoms with Crippen molar-refractivity contribution in [2.45, 2.75) is 0 Å². The minimum absolute atomic E-state index is 0. The van der Waals surface area contributed by atoms with E-state index < -0.39 is 0 Å². The average Bonchev–Trinajstić information content (AvgIpc) is 0. The van der Waals surface area contributed by atoms with E-state index in [1.807, 2.05) is 0 Å². The largest absolute Gasteiger partial charge is 1.00 e. The summed E-state index contributed by atoms with van der Waals surface area (Å²) in [7, 11) is 0. The summed E-state index contributed by atoms with van der Waals surface area (Å²) in [5.74, 6) is 0. The molecule has 0 radical (unpaired) electrons. The van der Waals surface area contributed by atoms with Crippen LogP contribution < -0.4 is 113 Å². The van der Waals surface area contributed by atoms with Crippen molar-refractivity contribution in [2.24, 2.45) is 0 Å². The van der Waals surface area contributed by atoms with E-state index >= 15 is 0 Å². The molecule has 0 aromatic heterocycles. The van der Waals surface area contributed by atoms with Gasteiger partial charge in [-0.3, -0.25) is 0 Å². The number of hydrogen-bond donors (Lipinski definition) is 0. The number of rotatable bonds is 0. The second kappa shape index (κ2) is 38.4. The topological polar surface area (TPSA) is 0 Å². The van der Waals surface area contributed by atoms with E-state index in [0.29, 0.717) is 0 Å². The number of hydrogen-bond acceptors (Lipinski definition) is 0. The van der Waals surface area contributed by atoms with Crippen LogP contribution in [0.25, 0.3) is 0 Å². The standard InChI is InChI=1S/6Li.6H/q6*+1;6*-1. The van der Waals surface area contributed by atoms with Crippen molar-refractivity contribution in [3.63, 3.8) is 0 Å². The van der Waals surface area contributed by atoms with Crippen LogP contribution in [0, 0.1) is 0 Å². The Morgan fingerprint density at radius 2 is 0.333 bits per heavy atom. The Morgan fingerprint density at radius 3 is 0.333 bits per heavy atom. The van der Waals surface area contributed by atoms with Gasteiger partial charge in [-0.05, 0) is 0 Å². The van der Waals surface area contributed by atoms with Gasteiger partial charge >= 0.3 is 113 Å². The summed E-state index contributed by atoms with van der Waals surface area (Å²) in [6, 6.07) is 0. The second-order valence-electron chi connectivity index (χ2n) is 0. The normalized spacial score (nSPS) is 0. The maximum absolute atomic E-state index is 0. The zero-order chi connectivity index (χ0) is 0. The van der Waals surface area contributed by atoms with E-state index in [0.717, 1.165) is 0 Å². The van der Waals surface area contributed by atoms with Crippen molar-refractivity contribution in [3.8, 4) is 0 Å². The van der Waals surface area contributed by atoms with E-state index in [1.165, 1.54) is 0 Å². The molecule has 0 saturated heterocycles. The fourth-order valence-corrected chi connectivity index (χ4v) is 0. The summed E-state index contributed by atoms with van der Waals surface area (Å²) >= 11 is 0. The van der Waals surface area contributed by atoms with Crippen molar-refractivity contribution in [3.05, 3.63) is 0 Å². The third-order valence-electron chi connectivity index (χ3n) is 0. The summed E-state index contributed by atoms with van der Waals surface area (Å²) in [6.07, 6.45) is 0. The molecule has 0 bridgehead atoms. The zero-order valence-electron chi connectivity index (χ0n) is 12.0. The Kier molecular flexibility index (Phi) is 352. The van der Waals surface area contributed by atoms with Gasteiger partial charge in [-0.2, -0.15) is 0 Å². The van der Waals surface area contributed by atoms with Crippen LogP contribution in [-0.4, -0.2) is 0 Å². The molecule has 0 fully saturated rings. The van der Waals surface area contributed by atoms with Crippen LogP contribution in [0.1, 0.15) is 8.56 Å². The molecule has 0 aromatic carbocycles. The van der Waals surface area contributed by atoms with Crippen LogP contribution in [0.2, 0.25) is 0 Å². The Morgan fingerprint density at radius 1 is 0.333 bits per heavy atom. The third-order valence-corrected chi connectivity index (χ3v) is 0. The molecule has 0 saturated carbocycles. The molecule has 0 unspecified atom stereocenters. The molecule has 12 valence electrons. The van der Waals surface area contributed by atoms with Crippen LogP contribution in [-0.2, 0) is 0 Å². The molecule has 0 aliphatic carbocycles. The van der Waals surface area contributed by atoms with Crippen LogP contribution in [0.15, 0.2) is 0 Å². The fraction of sp³-hybridized carbons (Fsp3) is 0. The molecular formula is H6Li6. The molecule has 0 heterocycles. The summed E-state index contributed by atoms with van der Waals surface area (Å²) in [5.41, 5.74) is 0. The maximum atomic E-state index is 0. The first kappa shape index (κ1) is 55.0. The van der Waals surface area contributed by atoms with Gasteiger partial charge in [-0.15, -0.1) is 0 Å². The Balaban J connectivity index is 0. The minimum Gasteiger partial charge on any atom is -1.00 e. The first-order chi connectivity index (χ1) is 0. The van der Waals surface area contributed by atoms with Gasteiger partial charge in [-0.1, -0.05) is 0 Å². The van der Waals surface area contributed by atoms with Gasteiger partial charge in [0.2, 0.25) is 0 Å². The maximum Gasteiger partial charge on any atom is 1.00 e. The van der Waals surface area contributed by atoms with Crippen molar-refractivity contribution in [1.29, 1.82) is 0 Å². The Hall–Kier alpha value is 3.58. The summed E-state index contributed by atoms with van der Waals surface area (Å²) in [5, 5.41) is 0. The molecule has 0 nitrogen and oxygen atoms in total. The van der Waals surface area contributed by atoms with Gasteiger partial charge in [0.05, 0.1) is 0 Å². The van der Waals surface area contributed by atoms with Gasteiger partial charge in [0, 0.05) is 0 Å². The molecule has 6 heavy (non-hydrogen) atoms. The molecule has 0 aliphatic heterocycles. The molecule has 0 amide bonds. The first-order valence-electron chi connectivity index (χ1n) is 0. The summed E-state index contributed by atoms with van der Waals surface area (Å²) < 4.78 is 0. The van der Waals surface area contributed by atoms with Crippen molar-refractivity contribution >= 4 is 0 Å². The van der Waals surface area contributed by atoms with Crippen molar-refractivity contribution < 1.29 is 122 Å². The molecule has 0 N–H and O–H groups in total. The minimum atomic E-state index is 0. The van der Waals surface area contributed by atoms with Crippen LogP contribution >= 0.6 is 0 Å². The van der Waals surface area contributed by atoms with Crippen LogP contribution in [0.4, 0.5) is 0 Å². The SMILES string of the molecule is [H-].[H-].[H-].[H-].[H-].[H-].[Li+].[Li+].[Li+].[Li+].[Li+].[Li+]. The average molecular weight is 47.7 g/mol. The van der Waals surface area contributed by atoms with E-state index in [2.05, 4.69) is 0 Å². The Labute approximate surface area is 120 Å². The van der Waals surface area contributed by atoms with Gasteiger partial charge in [-0.25, -0.2) is 0 Å². The first-order valence-corrected chi connectivity index (χ1v) is 0. The Bertz CT molecular complexity index is 12.0. The van der Waals surface area contributed by atoms with Crippen LogP contribution in [0.3, 0.4) is 0 Å². The third kappa shape index (κ3) is 25.6. The van der Waals surface area contributed by atoms with E-state index in [9.17, 15) is 0 Å². The molecule has 0 aliphatic rings. The monoisotopic (exact) mass is 48.1 g/mol. The van der Waals surface area contributed by atoms with Gasteiger partial charge in [0.1, 0.15) is 0 Å². The molecule has 0 atom stereocenters. The smallest absolute Gasteiger partial charge is 1.00 e. The predicted molar refractivity (Wildman–Crippen MR) is 6.67 cm³/mol. The molecule has 0 spiro atoms. The molecule has 0 rings (SSSR count). The quantitative estimate of drug-likeness (QED) is 0.238. The van der Waals surface area contributed by atoms with Gasteiger partial charge in [0.25, 0.3) is 0 Å². The van der Waals surface area contributed by atoms with E-state index in [-0.39, 0.29) is 122 Å². The summed E-state index contributed by atoms with van der Waals surface area (Å²) in [6.45, 7) is 0. The predicted octanol–water partition coefficient (Wildman–Crippen LogP) is -17.3. The van der Waals surface area contributed by atoms with Gasteiger partial charge < -0.3 is 8.56 Å². The zero-order valence-corrected chi connectivity index (χ0v) is 6.00. The van der Waals surface area contributed by atoms with Gasteiger partial charge in [0.15, 0.2) is 0 Å². The van der Waals surface area contributed by atoms with Crippen molar-refractivity contribution in [2.75, 3.05) is 0 Å². The van der Waals surface area contributed by atoms with E-state index in [4.69, 9.17) is 0 Å². The molecule has 6 heteroatoms. The molecule has 0 aromatic rings. The molecular weight excluding hydrogens is 41.6 g/mol. The second-order valence-corrected chi connectivity index (χ2v) is 0.